The van der Waals surface area contributed by atoms with E-state index < -0.39 is 57.8 Å². The lowest BCUT2D eigenvalue weighted by atomic mass is 10.0. The van der Waals surface area contributed by atoms with Crippen LogP contribution in [0.3, 0.4) is 0 Å². The molecule has 12 heteroatoms. The number of aliphatic hydroxyl groups is 1. The summed E-state index contributed by atoms with van der Waals surface area (Å²) in [5.74, 6) is -1.63. The van der Waals surface area contributed by atoms with Crippen LogP contribution in [0.25, 0.3) is 0 Å². The smallest absolute Gasteiger partial charge is 0.462 e. The van der Waals surface area contributed by atoms with Gasteiger partial charge in [-0.3, -0.25) is 23.4 Å². The van der Waals surface area contributed by atoms with E-state index in [1.54, 1.807) is 6.08 Å². The van der Waals surface area contributed by atoms with Gasteiger partial charge in [-0.2, -0.15) is 0 Å². The van der Waals surface area contributed by atoms with Gasteiger partial charge in [-0.1, -0.05) is 203 Å². The number of phosphoric acid groups is 1. The van der Waals surface area contributed by atoms with Crippen LogP contribution in [-0.2, 0) is 42.2 Å². The molecule has 0 bridgehead atoms. The molecule has 3 atom stereocenters. The van der Waals surface area contributed by atoms with Gasteiger partial charge in [0.25, 0.3) is 0 Å². The molecule has 0 aliphatic heterocycles. The Morgan fingerprint density at radius 2 is 0.864 bits per heavy atom. The molecular weight excluding hydrogens is 856 g/mol. The van der Waals surface area contributed by atoms with Gasteiger partial charge < -0.3 is 24.2 Å². The van der Waals surface area contributed by atoms with Crippen LogP contribution < -0.4 is 0 Å². The predicted octanol–water partition coefficient (Wildman–Crippen LogP) is 14.6. The number of carbonyl (C=O) groups is 3. The molecule has 0 aromatic rings. The largest absolute Gasteiger partial charge is 0.472 e. The van der Waals surface area contributed by atoms with Crippen molar-refractivity contribution < 1.29 is 52.2 Å². The van der Waals surface area contributed by atoms with Crippen molar-refractivity contribution in [1.29, 1.82) is 0 Å². The molecule has 0 aromatic heterocycles. The molecular formula is C54H93O11P. The zero-order valence-electron chi connectivity index (χ0n) is 41.6. The second-order valence-electron chi connectivity index (χ2n) is 17.0. The van der Waals surface area contributed by atoms with Crippen molar-refractivity contribution in [2.75, 3.05) is 26.4 Å². The molecule has 0 aliphatic rings. The number of hydrogen-bond donors (Lipinski definition) is 2. The molecule has 11 nitrogen and oxygen atoms in total. The van der Waals surface area contributed by atoms with Crippen molar-refractivity contribution in [3.05, 3.63) is 72.9 Å². The van der Waals surface area contributed by atoms with E-state index in [1.165, 1.54) is 70.6 Å². The number of phosphoric ester groups is 1. The fraction of sp³-hybridized carbons (Fsp3) is 0.722. The third-order valence-corrected chi connectivity index (χ3v) is 11.6. The van der Waals surface area contributed by atoms with E-state index in [1.807, 2.05) is 18.2 Å². The Morgan fingerprint density at radius 3 is 1.36 bits per heavy atom. The second-order valence-corrected chi connectivity index (χ2v) is 18.4. The predicted molar refractivity (Wildman–Crippen MR) is 270 cm³/mol. The maximum atomic E-state index is 12.8. The summed E-state index contributed by atoms with van der Waals surface area (Å²) in [7, 11) is -4.76. The van der Waals surface area contributed by atoms with Gasteiger partial charge >= 0.3 is 25.7 Å². The zero-order valence-corrected chi connectivity index (χ0v) is 42.5. The summed E-state index contributed by atoms with van der Waals surface area (Å²) < 4.78 is 39.2. The first kappa shape index (κ1) is 62.9. The van der Waals surface area contributed by atoms with E-state index in [4.69, 9.17) is 23.3 Å². The first-order valence-electron chi connectivity index (χ1n) is 25.8. The molecule has 0 spiro atoms. The molecule has 0 saturated carbocycles. The molecule has 0 amide bonds. The Bertz CT molecular complexity index is 1390. The van der Waals surface area contributed by atoms with Crippen LogP contribution in [0.5, 0.6) is 0 Å². The molecule has 2 N–H and O–H groups in total. The fourth-order valence-corrected chi connectivity index (χ4v) is 7.49. The van der Waals surface area contributed by atoms with Crippen LogP contribution in [-0.4, -0.2) is 66.5 Å². The Hall–Kier alpha value is -3.08. The minimum absolute atomic E-state index is 0.0668. The van der Waals surface area contributed by atoms with E-state index in [0.29, 0.717) is 19.3 Å². The number of aliphatic hydroxyl groups excluding tert-OH is 1. The van der Waals surface area contributed by atoms with Crippen LogP contribution in [0.2, 0.25) is 0 Å². The third-order valence-electron chi connectivity index (χ3n) is 10.6. The van der Waals surface area contributed by atoms with Crippen molar-refractivity contribution in [2.45, 2.75) is 226 Å². The third kappa shape index (κ3) is 46.0. The zero-order chi connectivity index (χ0) is 48.4. The highest BCUT2D eigenvalue weighted by atomic mass is 31.2. The van der Waals surface area contributed by atoms with Crippen LogP contribution in [0.4, 0.5) is 0 Å². The Morgan fingerprint density at radius 1 is 0.455 bits per heavy atom. The van der Waals surface area contributed by atoms with E-state index in [-0.39, 0.29) is 25.9 Å². The number of carbonyl (C=O) groups excluding carboxylic acids is 3. The maximum Gasteiger partial charge on any atom is 0.472 e. The summed E-state index contributed by atoms with van der Waals surface area (Å²) in [5.41, 5.74) is 0. The van der Waals surface area contributed by atoms with E-state index in [0.717, 1.165) is 83.5 Å². The average molecular weight is 949 g/mol. The lowest BCUT2D eigenvalue weighted by Crippen LogP contribution is -2.30. The summed E-state index contributed by atoms with van der Waals surface area (Å²) in [6, 6.07) is 0. The summed E-state index contributed by atoms with van der Waals surface area (Å²) in [6.07, 6.45) is 51.9. The summed E-state index contributed by atoms with van der Waals surface area (Å²) in [6.45, 7) is 4.35. The molecule has 0 rings (SSSR count). The summed E-state index contributed by atoms with van der Waals surface area (Å²) in [5, 5.41) is 9.77. The topological polar surface area (TPSA) is 155 Å². The van der Waals surface area contributed by atoms with Crippen LogP contribution in [0.15, 0.2) is 72.9 Å². The van der Waals surface area contributed by atoms with Crippen molar-refractivity contribution in [3.63, 3.8) is 0 Å². The molecule has 0 heterocycles. The molecule has 66 heavy (non-hydrogen) atoms. The Labute approximate surface area is 401 Å². The highest BCUT2D eigenvalue weighted by Crippen LogP contribution is 2.43. The standard InChI is InChI=1S/C54H93O11P/c1-4-7-10-13-16-19-22-24-25-27-30-33-36-39-42-45-54(58)65-51(47-61-52(56)43-40-37-34-31-28-21-18-15-12-9-6-3)49-63-66(59,60)62-48-50(46-55)64-53(57)44-41-38-35-32-29-26-23-20-17-14-11-8-5-2/h7,10,15-16,18-19,24-25,30,33,39,42,50-51,55H,4-6,8-9,11-14,17,20-23,26-29,31-32,34-38,40-41,43-49H2,1-3H3,(H,59,60)/b10-7-,18-15-,19-16-,25-24-,33-30-,42-39-. The van der Waals surface area contributed by atoms with Gasteiger partial charge in [0.2, 0.25) is 0 Å². The van der Waals surface area contributed by atoms with Gasteiger partial charge in [0, 0.05) is 12.8 Å². The SMILES string of the molecule is CC/C=C\C/C=C\C/C=C\C/C=C\C/C=C\CC(=O)OC(COC(=O)CCCCCCC/C=C\CCCC)COP(=O)(O)OCC(CO)OC(=O)CCCCCCCCCCCCCCC. The molecule has 0 aromatic carbocycles. The van der Waals surface area contributed by atoms with Crippen molar-refractivity contribution >= 4 is 25.7 Å². The Kier molecular flexibility index (Phi) is 46.1. The number of esters is 3. The van der Waals surface area contributed by atoms with Crippen LogP contribution in [0, 0.1) is 0 Å². The van der Waals surface area contributed by atoms with Crippen molar-refractivity contribution in [2.24, 2.45) is 0 Å². The average Bonchev–Trinajstić information content (AvgIpc) is 3.30. The quantitative estimate of drug-likeness (QED) is 0.0197. The number of ether oxygens (including phenoxy) is 3. The highest BCUT2D eigenvalue weighted by molar-refractivity contribution is 7.47. The number of hydrogen-bond acceptors (Lipinski definition) is 10. The summed E-state index contributed by atoms with van der Waals surface area (Å²) >= 11 is 0. The Balaban J connectivity index is 4.84. The van der Waals surface area contributed by atoms with Crippen LogP contribution >= 0.6 is 7.82 Å². The van der Waals surface area contributed by atoms with Crippen LogP contribution in [0.1, 0.15) is 213 Å². The second kappa shape index (κ2) is 48.4. The molecule has 0 saturated heterocycles. The van der Waals surface area contributed by atoms with E-state index in [9.17, 15) is 28.9 Å². The molecule has 0 radical (unpaired) electrons. The molecule has 0 aliphatic carbocycles. The van der Waals surface area contributed by atoms with E-state index >= 15 is 0 Å². The first-order chi connectivity index (χ1) is 32.2. The van der Waals surface area contributed by atoms with Gasteiger partial charge in [0.1, 0.15) is 12.7 Å². The van der Waals surface area contributed by atoms with Crippen molar-refractivity contribution in [3.8, 4) is 0 Å². The minimum Gasteiger partial charge on any atom is -0.462 e. The first-order valence-corrected chi connectivity index (χ1v) is 27.3. The van der Waals surface area contributed by atoms with Gasteiger partial charge in [-0.15, -0.1) is 0 Å². The van der Waals surface area contributed by atoms with Gasteiger partial charge in [-0.05, 0) is 64.2 Å². The molecule has 380 valence electrons. The number of unbranched alkanes of at least 4 members (excludes halogenated alkanes) is 19. The maximum absolute atomic E-state index is 12.8. The number of rotatable bonds is 47. The monoisotopic (exact) mass is 949 g/mol. The van der Waals surface area contributed by atoms with E-state index in [2.05, 4.69) is 69.4 Å². The lowest BCUT2D eigenvalue weighted by Gasteiger charge is -2.21. The van der Waals surface area contributed by atoms with Gasteiger partial charge in [-0.25, -0.2) is 4.57 Å². The lowest BCUT2D eigenvalue weighted by molar-refractivity contribution is -0.160. The van der Waals surface area contributed by atoms with Gasteiger partial charge in [0.05, 0.1) is 26.2 Å². The molecule has 0 fully saturated rings. The van der Waals surface area contributed by atoms with Gasteiger partial charge in [0.15, 0.2) is 6.10 Å². The molecule has 3 unspecified atom stereocenters. The fourth-order valence-electron chi connectivity index (χ4n) is 6.71. The van der Waals surface area contributed by atoms with Crippen molar-refractivity contribution in [1.82, 2.24) is 0 Å². The highest BCUT2D eigenvalue weighted by Gasteiger charge is 2.28. The summed E-state index contributed by atoms with van der Waals surface area (Å²) in [4.78, 5) is 48.2. The minimum atomic E-state index is -4.76. The normalized spacial score (nSPS) is 14.1. The number of allylic oxidation sites excluding steroid dienone is 11.